The number of allylic oxidation sites excluding steroid dienone is 1. The molecule has 0 aromatic carbocycles. The minimum absolute atomic E-state index is 0.0640. The summed E-state index contributed by atoms with van der Waals surface area (Å²) in [6, 6.07) is -0.721. The van der Waals surface area contributed by atoms with Crippen molar-refractivity contribution in [2.75, 3.05) is 24.3 Å². The summed E-state index contributed by atoms with van der Waals surface area (Å²) in [5.74, 6) is 0.279. The molecule has 0 saturated carbocycles. The van der Waals surface area contributed by atoms with Gasteiger partial charge in [-0.2, -0.15) is 4.98 Å². The number of carbonyl (C=O) groups excluding carboxylic acids is 2. The van der Waals surface area contributed by atoms with Crippen molar-refractivity contribution in [3.63, 3.8) is 0 Å². The van der Waals surface area contributed by atoms with Gasteiger partial charge in [-0.3, -0.25) is 33.9 Å². The number of anilines is 1. The van der Waals surface area contributed by atoms with Gasteiger partial charge in [-0.05, 0) is 12.5 Å². The molecule has 2 aromatic rings. The number of aryl methyl sites for hydroxylation is 1. The van der Waals surface area contributed by atoms with Gasteiger partial charge in [-0.15, -0.1) is 23.1 Å². The summed E-state index contributed by atoms with van der Waals surface area (Å²) in [6.45, 7) is 1.84. The minimum Gasteiger partial charge on any atom is -0.398 e. The van der Waals surface area contributed by atoms with Gasteiger partial charge in [-0.25, -0.2) is 4.98 Å². The lowest BCUT2D eigenvalue weighted by atomic mass is 10.0. The molecule has 0 spiro atoms. The number of fused-ring (bicyclic) bond motifs is 1. The third kappa shape index (κ3) is 4.47. The first-order chi connectivity index (χ1) is 16.2. The van der Waals surface area contributed by atoms with Gasteiger partial charge >= 0.3 is 11.1 Å². The van der Waals surface area contributed by atoms with E-state index in [-0.39, 0.29) is 27.8 Å². The Morgan fingerprint density at radius 1 is 1.41 bits per heavy atom. The van der Waals surface area contributed by atoms with Crippen molar-refractivity contribution < 1.29 is 14.4 Å². The van der Waals surface area contributed by atoms with E-state index < -0.39 is 23.1 Å². The standard InChI is InChI=1S/C18H20N8O5S3/c1-7-8(5-34-18-22-13(28)14(29)23-25(18)2)4-32-16-11(15(30)26(7)16)21-12(27)10(24-31-3)9-6-33-17(19)20-9/h6,11,16H,4-5H2,1-3H3,(H2,19,20)(H,21,27)(H,23,29)/b24-10+/t11-,16-/m1/s1. The second kappa shape index (κ2) is 9.63. The number of hydrogen-bond donors (Lipinski definition) is 3. The van der Waals surface area contributed by atoms with Gasteiger partial charge in [0.05, 0.1) is 0 Å². The average Bonchev–Trinajstić information content (AvgIpc) is 3.23. The third-order valence-corrected chi connectivity index (χ3v) is 8.25. The Morgan fingerprint density at radius 3 is 2.85 bits per heavy atom. The molecule has 1 fully saturated rings. The second-order valence-electron chi connectivity index (χ2n) is 7.23. The Labute approximate surface area is 204 Å². The van der Waals surface area contributed by atoms with Crippen LogP contribution in [-0.4, -0.2) is 72.2 Å². The van der Waals surface area contributed by atoms with Crippen molar-refractivity contribution in [1.29, 1.82) is 0 Å². The first-order valence-corrected chi connectivity index (χ1v) is 12.7. The Morgan fingerprint density at radius 2 is 2.18 bits per heavy atom. The molecule has 4 rings (SSSR count). The maximum atomic E-state index is 12.9. The number of thiazole rings is 1. The zero-order valence-corrected chi connectivity index (χ0v) is 20.7. The van der Waals surface area contributed by atoms with Crippen LogP contribution >= 0.6 is 34.9 Å². The van der Waals surface area contributed by atoms with Crippen molar-refractivity contribution in [3.8, 4) is 0 Å². The molecule has 2 amide bonds. The molecule has 2 aromatic heterocycles. The van der Waals surface area contributed by atoms with Gasteiger partial charge in [0, 0.05) is 29.6 Å². The van der Waals surface area contributed by atoms with Crippen LogP contribution in [0.15, 0.2) is 36.6 Å². The van der Waals surface area contributed by atoms with Crippen LogP contribution in [-0.2, 0) is 21.5 Å². The molecule has 0 radical (unpaired) electrons. The SMILES string of the molecule is CO/N=C(/C(=O)N[C@@H]1C(=O)N2C(C)=C(CSc3nc(=O)c(=O)[nH]n3C)CS[C@H]12)c1csc(N)n1. The van der Waals surface area contributed by atoms with Crippen LogP contribution in [0.1, 0.15) is 12.6 Å². The normalized spacial score (nSPS) is 20.1. The molecule has 16 heteroatoms. The fraction of sp³-hybridized carbons (Fsp3) is 0.389. The van der Waals surface area contributed by atoms with Crippen LogP contribution in [0.2, 0.25) is 0 Å². The van der Waals surface area contributed by atoms with Gasteiger partial charge < -0.3 is 15.9 Å². The van der Waals surface area contributed by atoms with Crippen molar-refractivity contribution in [2.24, 2.45) is 12.2 Å². The van der Waals surface area contributed by atoms with E-state index in [4.69, 9.17) is 10.6 Å². The molecular weight excluding hydrogens is 504 g/mol. The highest BCUT2D eigenvalue weighted by Gasteiger charge is 2.51. The number of hydrogen-bond acceptors (Lipinski definition) is 12. The van der Waals surface area contributed by atoms with Gasteiger partial charge in [0.2, 0.25) is 0 Å². The van der Waals surface area contributed by atoms with Crippen molar-refractivity contribution in [2.45, 2.75) is 23.5 Å². The number of carbonyl (C=O) groups is 2. The van der Waals surface area contributed by atoms with E-state index in [1.54, 1.807) is 17.3 Å². The fourth-order valence-electron chi connectivity index (χ4n) is 3.37. The molecule has 4 heterocycles. The maximum Gasteiger partial charge on any atom is 0.339 e. The lowest BCUT2D eigenvalue weighted by Gasteiger charge is -2.50. The predicted molar refractivity (Wildman–Crippen MR) is 129 cm³/mol. The van der Waals surface area contributed by atoms with E-state index in [0.717, 1.165) is 22.6 Å². The molecule has 180 valence electrons. The molecule has 0 unspecified atom stereocenters. The Balaban J connectivity index is 1.44. The van der Waals surface area contributed by atoms with E-state index in [0.29, 0.717) is 16.7 Å². The Hall–Kier alpha value is -3.11. The van der Waals surface area contributed by atoms with Crippen LogP contribution in [0.3, 0.4) is 0 Å². The second-order valence-corrected chi connectivity index (χ2v) is 10.2. The lowest BCUT2D eigenvalue weighted by Crippen LogP contribution is -2.70. The van der Waals surface area contributed by atoms with Crippen molar-refractivity contribution >= 4 is 57.5 Å². The smallest absolute Gasteiger partial charge is 0.339 e. The number of nitrogens with one attached hydrogen (secondary N) is 2. The first-order valence-electron chi connectivity index (χ1n) is 9.78. The maximum absolute atomic E-state index is 12.9. The summed E-state index contributed by atoms with van der Waals surface area (Å²) in [4.78, 5) is 62.8. The number of aromatic amines is 1. The molecule has 1 saturated heterocycles. The number of oxime groups is 1. The predicted octanol–water partition coefficient (Wildman–Crippen LogP) is -0.676. The van der Waals surface area contributed by atoms with E-state index in [1.165, 1.54) is 35.3 Å². The summed E-state index contributed by atoms with van der Waals surface area (Å²) < 4.78 is 1.39. The van der Waals surface area contributed by atoms with Crippen LogP contribution < -0.4 is 22.2 Å². The van der Waals surface area contributed by atoms with Crippen LogP contribution in [0.4, 0.5) is 5.13 Å². The highest BCUT2D eigenvalue weighted by atomic mass is 32.2. The molecule has 34 heavy (non-hydrogen) atoms. The largest absolute Gasteiger partial charge is 0.398 e. The minimum atomic E-state index is -0.849. The average molecular weight is 525 g/mol. The monoisotopic (exact) mass is 524 g/mol. The van der Waals surface area contributed by atoms with Crippen LogP contribution in [0.5, 0.6) is 0 Å². The van der Waals surface area contributed by atoms with E-state index in [1.807, 2.05) is 6.92 Å². The number of thioether (sulfide) groups is 2. The molecule has 2 aliphatic heterocycles. The Bertz CT molecular complexity index is 1330. The first kappa shape index (κ1) is 24.0. The molecule has 2 aliphatic rings. The number of nitrogens with two attached hydrogens (primary N) is 1. The summed E-state index contributed by atoms with van der Waals surface area (Å²) in [5.41, 5.74) is 6.00. The topological polar surface area (TPSA) is 178 Å². The zero-order valence-electron chi connectivity index (χ0n) is 18.2. The molecule has 4 N–H and O–H groups in total. The van der Waals surface area contributed by atoms with Gasteiger partial charge in [0.15, 0.2) is 16.0 Å². The fourth-order valence-corrected chi connectivity index (χ4v) is 6.52. The number of H-pyrrole nitrogens is 1. The third-order valence-electron chi connectivity index (χ3n) is 5.12. The number of rotatable bonds is 7. The highest BCUT2D eigenvalue weighted by Crippen LogP contribution is 2.41. The number of β-lactam (4-membered cyclic amide) rings is 1. The summed E-state index contributed by atoms with van der Waals surface area (Å²) >= 11 is 3.96. The van der Waals surface area contributed by atoms with Gasteiger partial charge in [0.1, 0.15) is 24.2 Å². The quantitative estimate of drug-likeness (QED) is 0.138. The van der Waals surface area contributed by atoms with E-state index in [9.17, 15) is 19.2 Å². The highest BCUT2D eigenvalue weighted by molar-refractivity contribution is 8.01. The number of nitrogen functional groups attached to an aromatic ring is 1. The summed E-state index contributed by atoms with van der Waals surface area (Å²) in [5, 5.41) is 10.8. The molecule has 0 aliphatic carbocycles. The van der Waals surface area contributed by atoms with Crippen LogP contribution in [0.25, 0.3) is 0 Å². The molecule has 2 atom stereocenters. The summed E-state index contributed by atoms with van der Waals surface area (Å²) in [7, 11) is 2.90. The molecular formula is C18H20N8O5S3. The number of nitrogens with zero attached hydrogens (tertiary/aromatic N) is 5. The van der Waals surface area contributed by atoms with Crippen molar-refractivity contribution in [3.05, 3.63) is 43.1 Å². The van der Waals surface area contributed by atoms with E-state index >= 15 is 0 Å². The number of aromatic nitrogens is 4. The van der Waals surface area contributed by atoms with Crippen molar-refractivity contribution in [1.82, 2.24) is 30.0 Å². The molecule has 0 bridgehead atoms. The van der Waals surface area contributed by atoms with Gasteiger partial charge in [-0.1, -0.05) is 16.9 Å². The van der Waals surface area contributed by atoms with E-state index in [2.05, 4.69) is 25.5 Å². The van der Waals surface area contributed by atoms with Gasteiger partial charge in [0.25, 0.3) is 11.8 Å². The number of amides is 2. The lowest BCUT2D eigenvalue weighted by molar-refractivity contribution is -0.144. The zero-order chi connectivity index (χ0) is 24.6. The Kier molecular flexibility index (Phi) is 6.81. The summed E-state index contributed by atoms with van der Waals surface area (Å²) in [6.07, 6.45) is 0. The van der Waals surface area contributed by atoms with Crippen LogP contribution in [0, 0.1) is 0 Å². The molecule has 13 nitrogen and oxygen atoms in total.